The van der Waals surface area contributed by atoms with E-state index in [0.29, 0.717) is 0 Å². The summed E-state index contributed by atoms with van der Waals surface area (Å²) in [6.07, 6.45) is 3.76. The van der Waals surface area contributed by atoms with Gasteiger partial charge in [-0.1, -0.05) is 84.9 Å². The lowest BCUT2D eigenvalue weighted by Crippen LogP contribution is -2.11. The number of aryl methyl sites for hydroxylation is 2. The molecule has 4 heteroatoms. The summed E-state index contributed by atoms with van der Waals surface area (Å²) in [7, 11) is 0. The summed E-state index contributed by atoms with van der Waals surface area (Å²) in [5, 5.41) is 3.27. The number of hydrogen-bond donors (Lipinski definition) is 0. The molecule has 3 heterocycles. The van der Waals surface area contributed by atoms with Gasteiger partial charge in [-0.05, 0) is 71.1 Å². The molecule has 1 aliphatic rings. The van der Waals surface area contributed by atoms with Crippen molar-refractivity contribution in [3.8, 4) is 22.3 Å². The Kier molecular flexibility index (Phi) is 5.29. The van der Waals surface area contributed by atoms with Gasteiger partial charge in [-0.3, -0.25) is 4.90 Å². The lowest BCUT2D eigenvalue weighted by atomic mass is 9.89. The maximum atomic E-state index is 6.36. The topological polar surface area (TPSA) is 42.4 Å². The lowest BCUT2D eigenvalue weighted by molar-refractivity contribution is 0.545. The van der Waals surface area contributed by atoms with E-state index in [4.69, 9.17) is 13.8 Å². The van der Waals surface area contributed by atoms with Gasteiger partial charge in [0, 0.05) is 39.5 Å². The summed E-state index contributed by atoms with van der Waals surface area (Å²) >= 11 is 0. The number of benzene rings is 5. The minimum atomic E-state index is 0.820. The van der Waals surface area contributed by atoms with Gasteiger partial charge in [-0.25, -0.2) is 4.98 Å². The number of nitrogens with zero attached hydrogens (tertiary/aromatic N) is 2. The monoisotopic (exact) mass is 554 g/mol. The van der Waals surface area contributed by atoms with Crippen LogP contribution in [0.25, 0.3) is 55.2 Å². The van der Waals surface area contributed by atoms with Crippen LogP contribution in [-0.2, 0) is 12.8 Å². The Hall–Kier alpha value is -5.61. The zero-order valence-electron chi connectivity index (χ0n) is 23.3. The van der Waals surface area contributed by atoms with Crippen LogP contribution in [0.2, 0.25) is 0 Å². The SMILES string of the molecule is c1ccc(-c2ccc(N(c3ccc4oc5ccccc5c4c3)c3cc4c5c(oc4cn3)CCc3ccccc3-5)cc2)cc1. The van der Waals surface area contributed by atoms with E-state index in [9.17, 15) is 0 Å². The molecule has 0 atom stereocenters. The summed E-state index contributed by atoms with van der Waals surface area (Å²) in [5.41, 5.74) is 10.8. The Morgan fingerprint density at radius 3 is 2.19 bits per heavy atom. The number of furan rings is 2. The number of aromatic nitrogens is 1. The highest BCUT2D eigenvalue weighted by Crippen LogP contribution is 2.44. The van der Waals surface area contributed by atoms with Crippen LogP contribution >= 0.6 is 0 Å². The molecule has 8 aromatic rings. The van der Waals surface area contributed by atoms with E-state index >= 15 is 0 Å². The van der Waals surface area contributed by atoms with Crippen LogP contribution in [0.1, 0.15) is 11.3 Å². The van der Waals surface area contributed by atoms with Crippen molar-refractivity contribution in [2.45, 2.75) is 12.8 Å². The Balaban J connectivity index is 1.24. The molecule has 0 N–H and O–H groups in total. The van der Waals surface area contributed by atoms with Crippen LogP contribution < -0.4 is 4.90 Å². The van der Waals surface area contributed by atoms with E-state index in [0.717, 1.165) is 68.7 Å². The fourth-order valence-corrected chi connectivity index (χ4v) is 6.57. The highest BCUT2D eigenvalue weighted by molar-refractivity contribution is 6.07. The molecule has 5 aromatic carbocycles. The van der Waals surface area contributed by atoms with Crippen molar-refractivity contribution in [1.82, 2.24) is 4.98 Å². The number of fused-ring (bicyclic) bond motifs is 8. The molecule has 0 spiro atoms. The van der Waals surface area contributed by atoms with Crippen LogP contribution in [0, 0.1) is 0 Å². The quantitative estimate of drug-likeness (QED) is 0.217. The summed E-state index contributed by atoms with van der Waals surface area (Å²) in [5.74, 6) is 1.87. The van der Waals surface area contributed by atoms with E-state index in [1.807, 2.05) is 24.4 Å². The predicted molar refractivity (Wildman–Crippen MR) is 174 cm³/mol. The molecule has 0 unspecified atom stereocenters. The molecule has 0 radical (unpaired) electrons. The first-order valence-corrected chi connectivity index (χ1v) is 14.7. The molecule has 43 heavy (non-hydrogen) atoms. The molecule has 3 aromatic heterocycles. The fraction of sp³-hybridized carbons (Fsp3) is 0.0513. The van der Waals surface area contributed by atoms with Crippen LogP contribution in [-0.4, -0.2) is 4.98 Å². The molecule has 204 valence electrons. The molecule has 0 aliphatic heterocycles. The number of rotatable bonds is 4. The van der Waals surface area contributed by atoms with Crippen molar-refractivity contribution in [2.24, 2.45) is 0 Å². The zero-order chi connectivity index (χ0) is 28.3. The highest BCUT2D eigenvalue weighted by Gasteiger charge is 2.25. The summed E-state index contributed by atoms with van der Waals surface area (Å²) in [6, 6.07) is 44.6. The maximum absolute atomic E-state index is 6.36. The van der Waals surface area contributed by atoms with Gasteiger partial charge in [0.15, 0.2) is 5.58 Å². The molecule has 0 amide bonds. The molecule has 9 rings (SSSR count). The average Bonchev–Trinajstić information content (AvgIpc) is 3.64. The second-order valence-corrected chi connectivity index (χ2v) is 11.1. The van der Waals surface area contributed by atoms with Crippen molar-refractivity contribution in [1.29, 1.82) is 0 Å². The van der Waals surface area contributed by atoms with E-state index < -0.39 is 0 Å². The summed E-state index contributed by atoms with van der Waals surface area (Å²) in [4.78, 5) is 7.20. The van der Waals surface area contributed by atoms with Gasteiger partial charge in [0.2, 0.25) is 0 Å². The average molecular weight is 555 g/mol. The summed E-state index contributed by atoms with van der Waals surface area (Å²) in [6.45, 7) is 0. The second kappa shape index (κ2) is 9.47. The van der Waals surface area contributed by atoms with Crippen molar-refractivity contribution in [3.05, 3.63) is 145 Å². The highest BCUT2D eigenvalue weighted by atomic mass is 16.3. The van der Waals surface area contributed by atoms with Crippen LogP contribution in [0.4, 0.5) is 17.2 Å². The molecule has 0 saturated heterocycles. The molecular weight excluding hydrogens is 528 g/mol. The third-order valence-corrected chi connectivity index (χ3v) is 8.62. The van der Waals surface area contributed by atoms with Crippen LogP contribution in [0.5, 0.6) is 0 Å². The maximum Gasteiger partial charge on any atom is 0.153 e. The minimum absolute atomic E-state index is 0.820. The van der Waals surface area contributed by atoms with E-state index in [2.05, 4.69) is 114 Å². The van der Waals surface area contributed by atoms with Crippen molar-refractivity contribution < 1.29 is 8.83 Å². The third kappa shape index (κ3) is 3.87. The second-order valence-electron chi connectivity index (χ2n) is 11.1. The predicted octanol–water partition coefficient (Wildman–Crippen LogP) is 10.6. The van der Waals surface area contributed by atoms with Crippen molar-refractivity contribution in [2.75, 3.05) is 4.90 Å². The Labute approximate surface area is 248 Å². The zero-order valence-corrected chi connectivity index (χ0v) is 23.3. The van der Waals surface area contributed by atoms with Crippen molar-refractivity contribution >= 4 is 50.1 Å². The Morgan fingerprint density at radius 2 is 1.28 bits per heavy atom. The first kappa shape index (κ1) is 24.0. The molecule has 0 saturated carbocycles. The van der Waals surface area contributed by atoms with Gasteiger partial charge in [0.05, 0.1) is 6.20 Å². The standard InChI is InChI=1S/C39H26N2O2/c1-2-8-25(9-3-1)26-14-17-28(18-15-26)41(29-19-21-35-32(22-29)31-12-6-7-13-34(31)42-35)38-23-33-37(24-40-38)43-36-20-16-27-10-4-5-11-30(27)39(33)36/h1-15,17-19,21-24H,16,20H2. The van der Waals surface area contributed by atoms with Crippen LogP contribution in [0.3, 0.4) is 0 Å². The Morgan fingerprint density at radius 1 is 0.535 bits per heavy atom. The van der Waals surface area contributed by atoms with Gasteiger partial charge >= 0.3 is 0 Å². The first-order chi connectivity index (χ1) is 21.3. The largest absolute Gasteiger partial charge is 0.459 e. The number of para-hydroxylation sites is 1. The smallest absolute Gasteiger partial charge is 0.153 e. The molecule has 1 aliphatic carbocycles. The van der Waals surface area contributed by atoms with E-state index in [1.54, 1.807) is 0 Å². The molecular formula is C39H26N2O2. The number of pyridine rings is 1. The first-order valence-electron chi connectivity index (χ1n) is 14.7. The normalized spacial score (nSPS) is 12.5. The number of anilines is 3. The van der Waals surface area contributed by atoms with E-state index in [-0.39, 0.29) is 0 Å². The number of hydrogen-bond acceptors (Lipinski definition) is 4. The van der Waals surface area contributed by atoms with Gasteiger partial charge in [-0.2, -0.15) is 0 Å². The van der Waals surface area contributed by atoms with Gasteiger partial charge in [0.25, 0.3) is 0 Å². The lowest BCUT2D eigenvalue weighted by Gasteiger charge is -2.25. The van der Waals surface area contributed by atoms with Crippen molar-refractivity contribution in [3.63, 3.8) is 0 Å². The summed E-state index contributed by atoms with van der Waals surface area (Å²) < 4.78 is 12.5. The minimum Gasteiger partial charge on any atom is -0.459 e. The van der Waals surface area contributed by atoms with Crippen LogP contribution in [0.15, 0.2) is 142 Å². The fourth-order valence-electron chi connectivity index (χ4n) is 6.57. The molecule has 0 fully saturated rings. The van der Waals surface area contributed by atoms with Gasteiger partial charge < -0.3 is 8.83 Å². The molecule has 4 nitrogen and oxygen atoms in total. The Bertz CT molecular complexity index is 2290. The van der Waals surface area contributed by atoms with Gasteiger partial charge in [-0.15, -0.1) is 0 Å². The van der Waals surface area contributed by atoms with E-state index in [1.165, 1.54) is 27.8 Å². The van der Waals surface area contributed by atoms with Gasteiger partial charge in [0.1, 0.15) is 22.7 Å². The third-order valence-electron chi connectivity index (χ3n) is 8.62. The molecule has 0 bridgehead atoms.